The Bertz CT molecular complexity index is 528. The van der Waals surface area contributed by atoms with E-state index in [2.05, 4.69) is 0 Å². The predicted molar refractivity (Wildman–Crippen MR) is 60.2 cm³/mol. The van der Waals surface area contributed by atoms with Crippen LogP contribution in [0.5, 0.6) is 0 Å². The summed E-state index contributed by atoms with van der Waals surface area (Å²) >= 11 is 0. The van der Waals surface area contributed by atoms with Gasteiger partial charge in [-0.05, 0) is 17.7 Å². The smallest absolute Gasteiger partial charge is 0.243 e. The first kappa shape index (κ1) is 12.4. The van der Waals surface area contributed by atoms with Gasteiger partial charge in [-0.2, -0.15) is 0 Å². The van der Waals surface area contributed by atoms with E-state index in [1.807, 2.05) is 0 Å². The molecule has 0 heterocycles. The molecule has 0 radical (unpaired) electrons. The molecule has 0 amide bonds. The molecule has 0 bridgehead atoms. The third-order valence-corrected chi connectivity index (χ3v) is 3.10. The van der Waals surface area contributed by atoms with E-state index in [0.29, 0.717) is 5.56 Å². The molecule has 0 aliphatic heterocycles. The van der Waals surface area contributed by atoms with Crippen molar-refractivity contribution < 1.29 is 13.3 Å². The fraction of sp³-hybridized carbons (Fsp3) is 0.200. The molecule has 0 N–H and O–H groups in total. The maximum absolute atomic E-state index is 11.2. The number of allylic oxidation sites excluding steroid dienone is 1. The van der Waals surface area contributed by atoms with Crippen LogP contribution in [0.4, 0.5) is 0 Å². The van der Waals surface area contributed by atoms with Gasteiger partial charge in [0.2, 0.25) is 5.70 Å². The Kier molecular flexibility index (Phi) is 3.44. The summed E-state index contributed by atoms with van der Waals surface area (Å²) in [5.41, 5.74) is 0.605. The largest absolute Gasteiger partial charge is 0.259 e. The van der Waals surface area contributed by atoms with Gasteiger partial charge in [-0.3, -0.25) is 10.1 Å². The molecule has 0 aliphatic rings. The van der Waals surface area contributed by atoms with Gasteiger partial charge in [0.05, 0.1) is 9.82 Å². The molecule has 0 saturated heterocycles. The van der Waals surface area contributed by atoms with Crippen molar-refractivity contribution in [1.82, 2.24) is 0 Å². The van der Waals surface area contributed by atoms with Crippen LogP contribution < -0.4 is 0 Å². The second-order valence-corrected chi connectivity index (χ2v) is 5.40. The Hall–Kier alpha value is -1.69. The summed E-state index contributed by atoms with van der Waals surface area (Å²) in [6.45, 7) is 1.38. The Morgan fingerprint density at radius 3 is 2.19 bits per heavy atom. The highest BCUT2D eigenvalue weighted by atomic mass is 32.2. The third kappa shape index (κ3) is 3.16. The molecule has 0 fully saturated rings. The highest BCUT2D eigenvalue weighted by Gasteiger charge is 2.06. The molecule has 0 atom stereocenters. The van der Waals surface area contributed by atoms with Crippen LogP contribution in [-0.2, 0) is 9.84 Å². The zero-order valence-corrected chi connectivity index (χ0v) is 9.69. The molecular formula is C10H11NO4S. The topological polar surface area (TPSA) is 77.3 Å². The monoisotopic (exact) mass is 241 g/mol. The first-order valence-corrected chi connectivity index (χ1v) is 6.32. The second-order valence-electron chi connectivity index (χ2n) is 3.38. The van der Waals surface area contributed by atoms with E-state index in [9.17, 15) is 18.5 Å². The van der Waals surface area contributed by atoms with Crippen molar-refractivity contribution in [3.05, 3.63) is 45.6 Å². The van der Waals surface area contributed by atoms with Gasteiger partial charge in [0.1, 0.15) is 0 Å². The average Bonchev–Trinajstić information content (AvgIpc) is 2.17. The standard InChI is InChI=1S/C10H11NO4S/c1-8(11(12)13)7-9-3-5-10(6-4-9)16(2,14)15/h3-7H,1-2H3/b8-7+. The third-order valence-electron chi connectivity index (χ3n) is 1.97. The molecule has 16 heavy (non-hydrogen) atoms. The zero-order valence-electron chi connectivity index (χ0n) is 8.88. The van der Waals surface area contributed by atoms with Crippen LogP contribution in [0.2, 0.25) is 0 Å². The summed E-state index contributed by atoms with van der Waals surface area (Å²) < 4.78 is 22.3. The summed E-state index contributed by atoms with van der Waals surface area (Å²) in [5, 5.41) is 10.4. The van der Waals surface area contributed by atoms with E-state index in [4.69, 9.17) is 0 Å². The van der Waals surface area contributed by atoms with Crippen molar-refractivity contribution in [2.24, 2.45) is 0 Å². The van der Waals surface area contributed by atoms with E-state index >= 15 is 0 Å². The lowest BCUT2D eigenvalue weighted by Gasteiger charge is -1.98. The minimum Gasteiger partial charge on any atom is -0.259 e. The van der Waals surface area contributed by atoms with Gasteiger partial charge in [-0.25, -0.2) is 8.42 Å². The van der Waals surface area contributed by atoms with Crippen LogP contribution >= 0.6 is 0 Å². The number of hydrogen-bond donors (Lipinski definition) is 0. The lowest BCUT2D eigenvalue weighted by Crippen LogP contribution is -1.96. The maximum atomic E-state index is 11.2. The zero-order chi connectivity index (χ0) is 12.3. The minimum absolute atomic E-state index is 0.00658. The molecule has 1 aromatic rings. The first-order valence-electron chi connectivity index (χ1n) is 4.43. The van der Waals surface area contributed by atoms with Gasteiger partial charge in [0, 0.05) is 19.3 Å². The summed E-state index contributed by atoms with van der Waals surface area (Å²) in [7, 11) is -3.22. The Labute approximate surface area is 93.5 Å². The van der Waals surface area contributed by atoms with Crippen LogP contribution in [0.15, 0.2) is 34.9 Å². The summed E-state index contributed by atoms with van der Waals surface area (Å²) in [6, 6.07) is 5.91. The van der Waals surface area contributed by atoms with Crippen molar-refractivity contribution in [2.45, 2.75) is 11.8 Å². The van der Waals surface area contributed by atoms with E-state index in [1.54, 1.807) is 0 Å². The highest BCUT2D eigenvalue weighted by molar-refractivity contribution is 7.90. The summed E-state index contributed by atoms with van der Waals surface area (Å²) in [5.74, 6) is 0. The van der Waals surface area contributed by atoms with E-state index in [0.717, 1.165) is 6.26 Å². The minimum atomic E-state index is -3.22. The van der Waals surface area contributed by atoms with Crippen molar-refractivity contribution >= 4 is 15.9 Å². The Morgan fingerprint density at radius 2 is 1.81 bits per heavy atom. The van der Waals surface area contributed by atoms with Gasteiger partial charge < -0.3 is 0 Å². The number of benzene rings is 1. The van der Waals surface area contributed by atoms with Gasteiger partial charge in [0.15, 0.2) is 9.84 Å². The number of sulfone groups is 1. The Morgan fingerprint density at radius 1 is 1.31 bits per heavy atom. The fourth-order valence-corrected chi connectivity index (χ4v) is 1.74. The maximum Gasteiger partial charge on any atom is 0.243 e. The van der Waals surface area contributed by atoms with Crippen LogP contribution in [-0.4, -0.2) is 19.6 Å². The molecule has 0 aromatic heterocycles. The molecule has 6 heteroatoms. The van der Waals surface area contributed by atoms with Crippen molar-refractivity contribution in [3.8, 4) is 0 Å². The lowest BCUT2D eigenvalue weighted by molar-refractivity contribution is -0.422. The second kappa shape index (κ2) is 4.44. The van der Waals surface area contributed by atoms with Crippen LogP contribution in [0, 0.1) is 10.1 Å². The molecule has 1 rings (SSSR count). The van der Waals surface area contributed by atoms with Gasteiger partial charge in [-0.1, -0.05) is 12.1 Å². The van der Waals surface area contributed by atoms with Gasteiger partial charge >= 0.3 is 0 Å². The van der Waals surface area contributed by atoms with E-state index in [1.165, 1.54) is 37.3 Å². The molecule has 0 aliphatic carbocycles. The first-order chi connectivity index (χ1) is 7.30. The van der Waals surface area contributed by atoms with Crippen molar-refractivity contribution in [1.29, 1.82) is 0 Å². The molecule has 0 spiro atoms. The molecule has 86 valence electrons. The van der Waals surface area contributed by atoms with E-state index < -0.39 is 14.8 Å². The molecule has 1 aromatic carbocycles. The van der Waals surface area contributed by atoms with Crippen molar-refractivity contribution in [3.63, 3.8) is 0 Å². The molecule has 5 nitrogen and oxygen atoms in total. The normalized spacial score (nSPS) is 12.5. The van der Waals surface area contributed by atoms with Crippen LogP contribution in [0.25, 0.3) is 6.08 Å². The Balaban J connectivity index is 3.06. The quantitative estimate of drug-likeness (QED) is 0.596. The highest BCUT2D eigenvalue weighted by Crippen LogP contribution is 2.12. The SMILES string of the molecule is C/C(=C\c1ccc(S(C)(=O)=O)cc1)[N+](=O)[O-]. The predicted octanol–water partition coefficient (Wildman–Crippen LogP) is 1.73. The van der Waals surface area contributed by atoms with E-state index in [-0.39, 0.29) is 10.6 Å². The fourth-order valence-electron chi connectivity index (χ4n) is 1.11. The number of hydrogen-bond acceptors (Lipinski definition) is 4. The van der Waals surface area contributed by atoms with Crippen molar-refractivity contribution in [2.75, 3.05) is 6.26 Å². The number of nitro groups is 1. The van der Waals surface area contributed by atoms with Gasteiger partial charge in [-0.15, -0.1) is 0 Å². The number of nitrogens with zero attached hydrogens (tertiary/aromatic N) is 1. The van der Waals surface area contributed by atoms with Crippen LogP contribution in [0.1, 0.15) is 12.5 Å². The lowest BCUT2D eigenvalue weighted by atomic mass is 10.2. The molecule has 0 unspecified atom stereocenters. The molecular weight excluding hydrogens is 230 g/mol. The summed E-state index contributed by atoms with van der Waals surface area (Å²) in [6.07, 6.45) is 2.49. The van der Waals surface area contributed by atoms with Crippen LogP contribution in [0.3, 0.4) is 0 Å². The summed E-state index contributed by atoms with van der Waals surface area (Å²) in [4.78, 5) is 10.1. The number of rotatable bonds is 3. The van der Waals surface area contributed by atoms with Gasteiger partial charge in [0.25, 0.3) is 0 Å². The molecule has 0 saturated carbocycles. The average molecular weight is 241 g/mol.